The molecule has 2 aromatic carbocycles. The standard InChI is InChI=1S/C29H30Cl2N2O3/c1-18(32-28(29(35)36)19-9-3-2-4-10-19)22-15-20-11-5-6-12-21(20)16-26(22)33-27(34)17-23-24(30)13-7-8-14-25(23)31/h5-7,11-16,19,28,32H,1-4,8-10,17H2,(H,33,34)(H,35,36). The lowest BCUT2D eigenvalue weighted by Crippen LogP contribution is -2.42. The topological polar surface area (TPSA) is 78.4 Å². The number of aliphatic carboxylic acids is 1. The van der Waals surface area contributed by atoms with E-state index in [1.165, 1.54) is 0 Å². The Morgan fingerprint density at radius 2 is 1.78 bits per heavy atom. The second kappa shape index (κ2) is 11.8. The summed E-state index contributed by atoms with van der Waals surface area (Å²) in [4.78, 5) is 25.3. The van der Waals surface area contributed by atoms with E-state index in [1.54, 1.807) is 6.08 Å². The zero-order valence-corrected chi connectivity index (χ0v) is 21.5. The molecule has 2 aromatic rings. The number of benzene rings is 2. The first-order valence-corrected chi connectivity index (χ1v) is 13.0. The highest BCUT2D eigenvalue weighted by atomic mass is 35.5. The molecule has 3 N–H and O–H groups in total. The molecule has 0 aromatic heterocycles. The highest BCUT2D eigenvalue weighted by Crippen LogP contribution is 2.33. The average Bonchev–Trinajstić information content (AvgIpc) is 3.02. The van der Waals surface area contributed by atoms with Gasteiger partial charge in [-0.05, 0) is 59.7 Å². The molecule has 0 bridgehead atoms. The molecule has 1 saturated carbocycles. The summed E-state index contributed by atoms with van der Waals surface area (Å²) in [5, 5.41) is 18.9. The molecule has 36 heavy (non-hydrogen) atoms. The largest absolute Gasteiger partial charge is 0.480 e. The van der Waals surface area contributed by atoms with Crippen LogP contribution in [0.5, 0.6) is 0 Å². The lowest BCUT2D eigenvalue weighted by atomic mass is 9.83. The maximum Gasteiger partial charge on any atom is 0.326 e. The molecule has 188 valence electrons. The van der Waals surface area contributed by atoms with Crippen molar-refractivity contribution in [2.24, 2.45) is 5.92 Å². The summed E-state index contributed by atoms with van der Waals surface area (Å²) in [6.45, 7) is 4.17. The van der Waals surface area contributed by atoms with Gasteiger partial charge in [-0.1, -0.05) is 85.5 Å². The number of nitrogens with one attached hydrogen (secondary N) is 2. The van der Waals surface area contributed by atoms with Crippen molar-refractivity contribution in [2.75, 3.05) is 5.32 Å². The van der Waals surface area contributed by atoms with Gasteiger partial charge in [-0.3, -0.25) is 4.79 Å². The quantitative estimate of drug-likeness (QED) is 0.337. The van der Waals surface area contributed by atoms with E-state index >= 15 is 0 Å². The predicted molar refractivity (Wildman–Crippen MR) is 148 cm³/mol. The van der Waals surface area contributed by atoms with E-state index in [0.29, 0.717) is 39.0 Å². The van der Waals surface area contributed by atoms with Gasteiger partial charge in [0.2, 0.25) is 5.91 Å². The van der Waals surface area contributed by atoms with Crippen molar-refractivity contribution in [3.63, 3.8) is 0 Å². The Morgan fingerprint density at radius 3 is 2.47 bits per heavy atom. The summed E-state index contributed by atoms with van der Waals surface area (Å²) in [7, 11) is 0. The van der Waals surface area contributed by atoms with Crippen molar-refractivity contribution in [3.8, 4) is 0 Å². The number of amides is 1. The normalized spacial score (nSPS) is 17.3. The van der Waals surface area contributed by atoms with Crippen LogP contribution in [0.2, 0.25) is 0 Å². The first-order chi connectivity index (χ1) is 17.3. The molecular weight excluding hydrogens is 495 g/mol. The fourth-order valence-corrected chi connectivity index (χ4v) is 5.48. The van der Waals surface area contributed by atoms with Crippen molar-refractivity contribution < 1.29 is 14.7 Å². The lowest BCUT2D eigenvalue weighted by molar-refractivity contribution is -0.140. The second-order valence-electron chi connectivity index (χ2n) is 9.32. The number of carboxylic acids is 1. The van der Waals surface area contributed by atoms with E-state index in [9.17, 15) is 14.7 Å². The first kappa shape index (κ1) is 26.1. The summed E-state index contributed by atoms with van der Waals surface area (Å²) in [5.74, 6) is -1.13. The van der Waals surface area contributed by atoms with E-state index in [4.69, 9.17) is 23.2 Å². The zero-order chi connectivity index (χ0) is 25.7. The van der Waals surface area contributed by atoms with Crippen LogP contribution in [0.4, 0.5) is 5.69 Å². The molecule has 0 spiro atoms. The summed E-state index contributed by atoms with van der Waals surface area (Å²) in [5.41, 5.74) is 2.21. The molecule has 7 heteroatoms. The number of carboxylic acid groups (broad SMARTS) is 1. The molecule has 2 aliphatic rings. The number of carbonyl (C=O) groups excluding carboxylic acids is 1. The lowest BCUT2D eigenvalue weighted by Gasteiger charge is -2.30. The van der Waals surface area contributed by atoms with Crippen LogP contribution < -0.4 is 10.6 Å². The van der Waals surface area contributed by atoms with Crippen molar-refractivity contribution in [2.45, 2.75) is 51.0 Å². The van der Waals surface area contributed by atoms with Gasteiger partial charge in [0.1, 0.15) is 6.04 Å². The van der Waals surface area contributed by atoms with Gasteiger partial charge in [-0.2, -0.15) is 0 Å². The molecule has 0 radical (unpaired) electrons. The third-order valence-corrected chi connectivity index (χ3v) is 7.55. The maximum atomic E-state index is 13.1. The molecule has 4 rings (SSSR count). The second-order valence-corrected chi connectivity index (χ2v) is 10.1. The maximum absolute atomic E-state index is 13.1. The van der Waals surface area contributed by atoms with Crippen LogP contribution in [0.25, 0.3) is 16.5 Å². The summed E-state index contributed by atoms with van der Waals surface area (Å²) in [6, 6.07) is 10.9. The molecule has 0 aliphatic heterocycles. The van der Waals surface area contributed by atoms with Crippen molar-refractivity contribution >= 4 is 57.2 Å². The van der Waals surface area contributed by atoms with Gasteiger partial charge in [0.05, 0.1) is 12.1 Å². The van der Waals surface area contributed by atoms with Gasteiger partial charge in [0.15, 0.2) is 0 Å². The Labute approximate surface area is 221 Å². The fourth-order valence-electron chi connectivity index (χ4n) is 4.91. The van der Waals surface area contributed by atoms with E-state index in [-0.39, 0.29) is 18.2 Å². The van der Waals surface area contributed by atoms with Gasteiger partial charge in [0, 0.05) is 21.3 Å². The molecule has 1 unspecified atom stereocenters. The smallest absolute Gasteiger partial charge is 0.326 e. The molecular formula is C29H30Cl2N2O3. The van der Waals surface area contributed by atoms with Gasteiger partial charge >= 0.3 is 5.97 Å². The van der Waals surface area contributed by atoms with E-state index < -0.39 is 12.0 Å². The number of carbonyl (C=O) groups is 2. The molecule has 1 amide bonds. The molecule has 5 nitrogen and oxygen atoms in total. The molecule has 0 heterocycles. The van der Waals surface area contributed by atoms with Gasteiger partial charge < -0.3 is 15.7 Å². The minimum Gasteiger partial charge on any atom is -0.480 e. The van der Waals surface area contributed by atoms with Crippen LogP contribution in [-0.2, 0) is 9.59 Å². The van der Waals surface area contributed by atoms with Crippen molar-refractivity contribution in [1.29, 1.82) is 0 Å². The number of fused-ring (bicyclic) bond motifs is 1. The van der Waals surface area contributed by atoms with Crippen LogP contribution in [0, 0.1) is 5.92 Å². The number of allylic oxidation sites excluding steroid dienone is 5. The van der Waals surface area contributed by atoms with Crippen LogP contribution in [0.3, 0.4) is 0 Å². The third kappa shape index (κ3) is 6.21. The third-order valence-electron chi connectivity index (χ3n) is 6.81. The number of hydrogen-bond donors (Lipinski definition) is 3. The molecule has 1 atom stereocenters. The predicted octanol–water partition coefficient (Wildman–Crippen LogP) is 7.34. The van der Waals surface area contributed by atoms with E-state index in [0.717, 1.165) is 42.9 Å². The minimum absolute atomic E-state index is 0.00447. The summed E-state index contributed by atoms with van der Waals surface area (Å²) in [6.07, 6.45) is 11.1. The zero-order valence-electron chi connectivity index (χ0n) is 20.0. The number of halogens is 2. The molecule has 2 aliphatic carbocycles. The Morgan fingerprint density at radius 1 is 1.08 bits per heavy atom. The Bertz CT molecular complexity index is 1270. The summed E-state index contributed by atoms with van der Waals surface area (Å²) >= 11 is 12.7. The summed E-state index contributed by atoms with van der Waals surface area (Å²) < 4.78 is 0. The van der Waals surface area contributed by atoms with E-state index in [2.05, 4.69) is 17.2 Å². The number of rotatable bonds is 8. The highest BCUT2D eigenvalue weighted by molar-refractivity contribution is 6.37. The number of hydrogen-bond acceptors (Lipinski definition) is 3. The fraction of sp³-hybridized carbons (Fsp3) is 0.310. The van der Waals surface area contributed by atoms with Gasteiger partial charge in [-0.25, -0.2) is 4.79 Å². The van der Waals surface area contributed by atoms with Crippen molar-refractivity contribution in [1.82, 2.24) is 5.32 Å². The van der Waals surface area contributed by atoms with Crippen LogP contribution in [0.15, 0.2) is 76.8 Å². The van der Waals surface area contributed by atoms with Crippen LogP contribution in [-0.4, -0.2) is 23.0 Å². The first-order valence-electron chi connectivity index (χ1n) is 12.3. The average molecular weight is 525 g/mol. The minimum atomic E-state index is -0.890. The van der Waals surface area contributed by atoms with E-state index in [1.807, 2.05) is 48.6 Å². The van der Waals surface area contributed by atoms with Gasteiger partial charge in [0.25, 0.3) is 0 Å². The monoisotopic (exact) mass is 524 g/mol. The molecule has 1 fully saturated rings. The van der Waals surface area contributed by atoms with Crippen molar-refractivity contribution in [3.05, 3.63) is 82.4 Å². The van der Waals surface area contributed by atoms with Crippen LogP contribution >= 0.6 is 23.2 Å². The highest BCUT2D eigenvalue weighted by Gasteiger charge is 2.30. The molecule has 0 saturated heterocycles. The Kier molecular flexibility index (Phi) is 8.55. The van der Waals surface area contributed by atoms with Crippen LogP contribution in [0.1, 0.15) is 50.5 Å². The Hall–Kier alpha value is -3.02. The van der Waals surface area contributed by atoms with Gasteiger partial charge in [-0.15, -0.1) is 0 Å². The Balaban J connectivity index is 1.62. The SMILES string of the molecule is C=C(NC(C(=O)O)C1CCCCC1)c1cc2ccccc2cc1NC(=O)CC1=C(Cl)C=CCC=C1Cl. The number of anilines is 1.